The van der Waals surface area contributed by atoms with Crippen LogP contribution in [0.5, 0.6) is 0 Å². The van der Waals surface area contributed by atoms with E-state index < -0.39 is 34.6 Å². The number of esters is 1. The van der Waals surface area contributed by atoms with Crippen LogP contribution in [0.3, 0.4) is 0 Å². The lowest BCUT2D eigenvalue weighted by atomic mass is 9.78. The van der Waals surface area contributed by atoms with E-state index in [2.05, 4.69) is 0 Å². The topological polar surface area (TPSA) is 87.2 Å². The van der Waals surface area contributed by atoms with Gasteiger partial charge in [-0.1, -0.05) is 61.9 Å². The molecule has 0 bridgehead atoms. The predicted octanol–water partition coefficient (Wildman–Crippen LogP) is 3.37. The number of hydrogen-bond acceptors (Lipinski definition) is 6. The Kier molecular flexibility index (Phi) is 6.72. The first-order valence-electron chi connectivity index (χ1n) is 12.4. The Balaban J connectivity index is 1.67. The number of likely N-dealkylation sites (tertiary alicyclic amines) is 1. The third-order valence-electron chi connectivity index (χ3n) is 7.66. The van der Waals surface area contributed by atoms with Gasteiger partial charge in [0.25, 0.3) is 5.91 Å². The first kappa shape index (κ1) is 25.4. The van der Waals surface area contributed by atoms with Gasteiger partial charge in [-0.15, -0.1) is 11.8 Å². The number of thioether (sulfide) groups is 1. The molecule has 2 saturated heterocycles. The second-order valence-electron chi connectivity index (χ2n) is 10.4. The van der Waals surface area contributed by atoms with Crippen molar-refractivity contribution in [3.8, 4) is 0 Å². The van der Waals surface area contributed by atoms with E-state index in [0.717, 1.165) is 5.56 Å². The number of carbonyl (C=O) groups is 3. The number of ether oxygens (including phenoxy) is 1. The fourth-order valence-electron chi connectivity index (χ4n) is 6.29. The van der Waals surface area contributed by atoms with Gasteiger partial charge < -0.3 is 19.6 Å². The highest BCUT2D eigenvalue weighted by molar-refractivity contribution is 8.02. The molecule has 1 spiro atoms. The molecule has 1 aromatic carbocycles. The molecule has 7 nitrogen and oxygen atoms in total. The molecular weight excluding hydrogens is 500 g/mol. The van der Waals surface area contributed by atoms with Crippen molar-refractivity contribution in [2.75, 3.05) is 24.7 Å². The third kappa shape index (κ3) is 3.80. The number of aryl methyl sites for hydroxylation is 1. The number of amides is 2. The van der Waals surface area contributed by atoms with Gasteiger partial charge in [-0.25, -0.2) is 0 Å². The van der Waals surface area contributed by atoms with Crippen molar-refractivity contribution >= 4 is 46.8 Å². The number of hydrogen-bond donors (Lipinski definition) is 1. The van der Waals surface area contributed by atoms with Crippen LogP contribution in [0.1, 0.15) is 25.8 Å². The van der Waals surface area contributed by atoms with Gasteiger partial charge in [-0.2, -0.15) is 0 Å². The standard InChI is InChI=1S/C27H31ClN2O5S/c1-15(2)13-17(14-31)30-23-25(33)29(22-16(3)7-4-8-18(22)28)11-6-10-27(23)21(24(30)32)20-19(36-27)9-5-12-35-26(20)34/h4-10,15,17,19-21,23,31H,11-14H2,1-3H3/t17-,19+,20-,21+,23?,27+/m1/s1. The minimum atomic E-state index is -0.960. The van der Waals surface area contributed by atoms with Crippen molar-refractivity contribution < 1.29 is 24.2 Å². The molecule has 0 saturated carbocycles. The zero-order valence-electron chi connectivity index (χ0n) is 20.6. The summed E-state index contributed by atoms with van der Waals surface area (Å²) in [6.07, 6.45) is 8.13. The molecule has 4 aliphatic heterocycles. The van der Waals surface area contributed by atoms with Gasteiger partial charge in [0.05, 0.1) is 39.9 Å². The monoisotopic (exact) mass is 530 g/mol. The SMILES string of the molecule is Cc1cccc(Cl)c1N1CC=C[C@]23S[C@H]4C=CCOC(=O)[C@H]4[C@H]2C(=O)N([C@@H](CO)CC(C)C)C3C1=O. The van der Waals surface area contributed by atoms with Crippen molar-refractivity contribution in [1.82, 2.24) is 4.90 Å². The molecule has 2 amide bonds. The maximum atomic E-state index is 14.5. The molecule has 1 aromatic rings. The second kappa shape index (κ2) is 9.54. The largest absolute Gasteiger partial charge is 0.461 e. The average molecular weight is 531 g/mol. The lowest BCUT2D eigenvalue weighted by Gasteiger charge is -2.39. The highest BCUT2D eigenvalue weighted by Gasteiger charge is 2.72. The molecule has 192 valence electrons. The number of benzene rings is 1. The fourth-order valence-corrected chi connectivity index (χ4v) is 8.60. The minimum absolute atomic E-state index is 0.175. The number of anilines is 1. The van der Waals surface area contributed by atoms with Crippen LogP contribution in [0.2, 0.25) is 5.02 Å². The third-order valence-corrected chi connectivity index (χ3v) is 9.71. The van der Waals surface area contributed by atoms with E-state index in [4.69, 9.17) is 16.3 Å². The summed E-state index contributed by atoms with van der Waals surface area (Å²) in [5.74, 6) is -2.21. The number of aliphatic hydroxyl groups excluding tert-OH is 1. The lowest BCUT2D eigenvalue weighted by Crippen LogP contribution is -2.57. The summed E-state index contributed by atoms with van der Waals surface area (Å²) in [4.78, 5) is 45.0. The molecule has 4 aliphatic rings. The van der Waals surface area contributed by atoms with E-state index in [0.29, 0.717) is 23.7 Å². The Morgan fingerprint density at radius 2 is 2.00 bits per heavy atom. The predicted molar refractivity (Wildman–Crippen MR) is 140 cm³/mol. The number of halogens is 1. The Labute approximate surface area is 220 Å². The Morgan fingerprint density at radius 3 is 2.69 bits per heavy atom. The maximum Gasteiger partial charge on any atom is 0.311 e. The molecule has 5 rings (SSSR count). The molecule has 36 heavy (non-hydrogen) atoms. The van der Waals surface area contributed by atoms with Crippen LogP contribution >= 0.6 is 23.4 Å². The number of fused-ring (bicyclic) bond motifs is 2. The number of nitrogens with zero attached hydrogens (tertiary/aromatic N) is 2. The van der Waals surface area contributed by atoms with Crippen molar-refractivity contribution in [3.63, 3.8) is 0 Å². The van der Waals surface area contributed by atoms with Gasteiger partial charge in [-0.05, 0) is 30.9 Å². The molecule has 0 radical (unpaired) electrons. The van der Waals surface area contributed by atoms with Gasteiger partial charge >= 0.3 is 5.97 Å². The van der Waals surface area contributed by atoms with Gasteiger partial charge in [0.2, 0.25) is 5.91 Å². The number of carbonyl (C=O) groups excluding carboxylic acids is 3. The number of para-hydroxylation sites is 1. The van der Waals surface area contributed by atoms with Gasteiger partial charge in [0.15, 0.2) is 0 Å². The van der Waals surface area contributed by atoms with Gasteiger partial charge in [0, 0.05) is 11.8 Å². The molecule has 4 heterocycles. The van der Waals surface area contributed by atoms with E-state index in [-0.39, 0.29) is 36.2 Å². The van der Waals surface area contributed by atoms with Crippen molar-refractivity contribution in [3.05, 3.63) is 53.1 Å². The summed E-state index contributed by atoms with van der Waals surface area (Å²) in [6, 6.07) is 4.05. The zero-order chi connectivity index (χ0) is 25.8. The summed E-state index contributed by atoms with van der Waals surface area (Å²) in [6.45, 7) is 6.14. The quantitative estimate of drug-likeness (QED) is 0.464. The second-order valence-corrected chi connectivity index (χ2v) is 12.3. The smallest absolute Gasteiger partial charge is 0.311 e. The normalized spacial score (nSPS) is 32.2. The Morgan fingerprint density at radius 1 is 1.22 bits per heavy atom. The van der Waals surface area contributed by atoms with E-state index >= 15 is 0 Å². The van der Waals surface area contributed by atoms with Crippen LogP contribution in [-0.4, -0.2) is 69.6 Å². The van der Waals surface area contributed by atoms with Gasteiger partial charge in [0.1, 0.15) is 12.6 Å². The van der Waals surface area contributed by atoms with Crippen molar-refractivity contribution in [2.24, 2.45) is 17.8 Å². The molecule has 0 aromatic heterocycles. The molecule has 1 unspecified atom stereocenters. The summed E-state index contributed by atoms with van der Waals surface area (Å²) in [7, 11) is 0. The summed E-state index contributed by atoms with van der Waals surface area (Å²) >= 11 is 8.07. The van der Waals surface area contributed by atoms with E-state index in [1.165, 1.54) is 11.8 Å². The van der Waals surface area contributed by atoms with Crippen LogP contribution in [0.15, 0.2) is 42.5 Å². The lowest BCUT2D eigenvalue weighted by molar-refractivity contribution is -0.152. The fraction of sp³-hybridized carbons (Fsp3) is 0.519. The summed E-state index contributed by atoms with van der Waals surface area (Å²) in [5.41, 5.74) is 1.46. The molecular formula is C27H31ClN2O5S. The van der Waals surface area contributed by atoms with Crippen LogP contribution in [0.25, 0.3) is 0 Å². The molecule has 9 heteroatoms. The Bertz CT molecular complexity index is 1130. The summed E-state index contributed by atoms with van der Waals surface area (Å²) < 4.78 is 4.46. The first-order valence-corrected chi connectivity index (χ1v) is 13.6. The Hall–Kier alpha value is -2.29. The van der Waals surface area contributed by atoms with Crippen molar-refractivity contribution in [1.29, 1.82) is 0 Å². The number of cyclic esters (lactones) is 1. The number of aliphatic hydroxyl groups is 1. The van der Waals surface area contributed by atoms with Crippen LogP contribution in [-0.2, 0) is 19.1 Å². The molecule has 1 N–H and O–H groups in total. The highest BCUT2D eigenvalue weighted by atomic mass is 35.5. The first-order chi connectivity index (χ1) is 17.2. The van der Waals surface area contributed by atoms with E-state index in [1.54, 1.807) is 21.9 Å². The highest BCUT2D eigenvalue weighted by Crippen LogP contribution is 2.61. The number of rotatable bonds is 5. The molecule has 0 aliphatic carbocycles. The van der Waals surface area contributed by atoms with E-state index in [9.17, 15) is 19.5 Å². The summed E-state index contributed by atoms with van der Waals surface area (Å²) in [5, 5.41) is 10.6. The molecule has 2 fully saturated rings. The van der Waals surface area contributed by atoms with Crippen LogP contribution in [0.4, 0.5) is 5.69 Å². The van der Waals surface area contributed by atoms with Crippen molar-refractivity contribution in [2.45, 2.75) is 49.3 Å². The molecule has 6 atom stereocenters. The van der Waals surface area contributed by atoms with Gasteiger partial charge in [-0.3, -0.25) is 14.4 Å². The van der Waals surface area contributed by atoms with Crippen LogP contribution in [0, 0.1) is 24.7 Å². The maximum absolute atomic E-state index is 14.5. The minimum Gasteiger partial charge on any atom is -0.461 e. The van der Waals surface area contributed by atoms with Crippen LogP contribution < -0.4 is 4.90 Å². The van der Waals surface area contributed by atoms with E-state index in [1.807, 2.05) is 51.1 Å². The average Bonchev–Trinajstić information content (AvgIpc) is 3.13. The zero-order valence-corrected chi connectivity index (χ0v) is 22.2.